The van der Waals surface area contributed by atoms with Crippen LogP contribution in [0.25, 0.3) is 16.8 Å². The Morgan fingerprint density at radius 1 is 0.679 bits per heavy atom. The average molecular weight is 361 g/mol. The largest absolute Gasteiger partial charge is 0.310 e. The first kappa shape index (κ1) is 16.8. The Kier molecular flexibility index (Phi) is 4.21. The highest BCUT2D eigenvalue weighted by Gasteiger charge is 2.15. The van der Waals surface area contributed by atoms with Crippen LogP contribution < -0.4 is 4.90 Å². The van der Waals surface area contributed by atoms with Crippen molar-refractivity contribution in [1.29, 1.82) is 0 Å². The molecule has 5 rings (SSSR count). The molecule has 0 amide bonds. The van der Waals surface area contributed by atoms with Crippen molar-refractivity contribution >= 4 is 33.9 Å². The number of aryl methyl sites for hydroxylation is 2. The first-order chi connectivity index (χ1) is 13.8. The van der Waals surface area contributed by atoms with Crippen LogP contribution in [0.4, 0.5) is 17.1 Å². The van der Waals surface area contributed by atoms with E-state index >= 15 is 0 Å². The van der Waals surface area contributed by atoms with Gasteiger partial charge in [0.15, 0.2) is 0 Å². The molecule has 0 spiro atoms. The third-order valence-corrected chi connectivity index (χ3v) is 5.51. The van der Waals surface area contributed by atoms with E-state index in [9.17, 15) is 0 Å². The number of hydrogen-bond acceptors (Lipinski definition) is 1. The maximum absolute atomic E-state index is 2.37. The molecule has 0 fully saturated rings. The number of rotatable bonds is 3. The summed E-state index contributed by atoms with van der Waals surface area (Å²) in [5, 5.41) is 2.53. The predicted octanol–water partition coefficient (Wildman–Crippen LogP) is 7.58. The molecule has 4 aromatic rings. The minimum atomic E-state index is 1.11. The molecule has 0 N–H and O–H groups in total. The quantitative estimate of drug-likeness (QED) is 0.363. The monoisotopic (exact) mass is 361 g/mol. The van der Waals surface area contributed by atoms with Crippen molar-refractivity contribution in [3.63, 3.8) is 0 Å². The van der Waals surface area contributed by atoms with Gasteiger partial charge in [-0.2, -0.15) is 0 Å². The minimum absolute atomic E-state index is 1.11. The fourth-order valence-corrected chi connectivity index (χ4v) is 4.09. The van der Waals surface area contributed by atoms with Crippen molar-refractivity contribution in [2.45, 2.75) is 19.8 Å². The summed E-state index contributed by atoms with van der Waals surface area (Å²) in [6.45, 7) is 2.15. The Bertz CT molecular complexity index is 1190. The standard InChI is InChI=1S/C27H23N/c1-20-7-6-12-25(17-20)28(26-15-13-21-8-2-4-10-23(21)18-26)27-16-14-22-9-3-5-11-24(22)19-27/h2-4,6-10,12-19H,5,11H2,1H3. The summed E-state index contributed by atoms with van der Waals surface area (Å²) in [5.74, 6) is 0. The van der Waals surface area contributed by atoms with Crippen molar-refractivity contribution in [2.75, 3.05) is 4.90 Å². The van der Waals surface area contributed by atoms with Crippen molar-refractivity contribution in [2.24, 2.45) is 0 Å². The van der Waals surface area contributed by atoms with Crippen molar-refractivity contribution in [3.05, 3.63) is 108 Å². The second kappa shape index (κ2) is 7.01. The fourth-order valence-electron chi connectivity index (χ4n) is 4.09. The smallest absolute Gasteiger partial charge is 0.0468 e. The van der Waals surface area contributed by atoms with E-state index in [4.69, 9.17) is 0 Å². The number of allylic oxidation sites excluding steroid dienone is 1. The second-order valence-electron chi connectivity index (χ2n) is 7.53. The topological polar surface area (TPSA) is 3.24 Å². The number of hydrogen-bond donors (Lipinski definition) is 0. The van der Waals surface area contributed by atoms with E-state index < -0.39 is 0 Å². The normalized spacial score (nSPS) is 12.8. The van der Waals surface area contributed by atoms with Gasteiger partial charge < -0.3 is 4.90 Å². The lowest BCUT2D eigenvalue weighted by atomic mass is 9.96. The van der Waals surface area contributed by atoms with Gasteiger partial charge in [0.2, 0.25) is 0 Å². The minimum Gasteiger partial charge on any atom is -0.310 e. The number of benzene rings is 4. The first-order valence-corrected chi connectivity index (χ1v) is 9.93. The summed E-state index contributed by atoms with van der Waals surface area (Å²) < 4.78 is 0. The van der Waals surface area contributed by atoms with Crippen LogP contribution in [-0.2, 0) is 6.42 Å². The van der Waals surface area contributed by atoms with E-state index in [0.29, 0.717) is 0 Å². The van der Waals surface area contributed by atoms with Crippen LogP contribution in [0.1, 0.15) is 23.1 Å². The third-order valence-electron chi connectivity index (χ3n) is 5.51. The summed E-state index contributed by atoms with van der Waals surface area (Å²) in [6.07, 6.45) is 6.75. The number of fused-ring (bicyclic) bond motifs is 2. The van der Waals surface area contributed by atoms with E-state index in [2.05, 4.69) is 109 Å². The lowest BCUT2D eigenvalue weighted by molar-refractivity contribution is 0.984. The molecule has 1 heteroatoms. The number of nitrogens with zero attached hydrogens (tertiary/aromatic N) is 1. The molecule has 28 heavy (non-hydrogen) atoms. The van der Waals surface area contributed by atoms with Crippen molar-refractivity contribution in [3.8, 4) is 0 Å². The molecular weight excluding hydrogens is 338 g/mol. The van der Waals surface area contributed by atoms with Gasteiger partial charge in [0.1, 0.15) is 0 Å². The van der Waals surface area contributed by atoms with E-state index in [0.717, 1.165) is 12.8 Å². The Morgan fingerprint density at radius 2 is 1.46 bits per heavy atom. The van der Waals surface area contributed by atoms with Gasteiger partial charge in [-0.05, 0) is 83.6 Å². The summed E-state index contributed by atoms with van der Waals surface area (Å²) in [5.41, 5.74) is 7.65. The van der Waals surface area contributed by atoms with Crippen LogP contribution in [-0.4, -0.2) is 0 Å². The van der Waals surface area contributed by atoms with E-state index in [-0.39, 0.29) is 0 Å². The molecule has 0 heterocycles. The van der Waals surface area contributed by atoms with Crippen molar-refractivity contribution in [1.82, 2.24) is 0 Å². The average Bonchev–Trinajstić information content (AvgIpc) is 2.74. The van der Waals surface area contributed by atoms with Gasteiger partial charge in [-0.25, -0.2) is 0 Å². The molecule has 1 aliphatic carbocycles. The van der Waals surface area contributed by atoms with Gasteiger partial charge in [0.25, 0.3) is 0 Å². The fraction of sp³-hybridized carbons (Fsp3) is 0.111. The lowest BCUT2D eigenvalue weighted by Crippen LogP contribution is -2.11. The van der Waals surface area contributed by atoms with Crippen LogP contribution in [0.2, 0.25) is 0 Å². The molecule has 0 saturated carbocycles. The Balaban J connectivity index is 1.69. The zero-order valence-electron chi connectivity index (χ0n) is 16.1. The molecule has 0 saturated heterocycles. The van der Waals surface area contributed by atoms with Crippen LogP contribution in [0.5, 0.6) is 0 Å². The Labute approximate surface area is 166 Å². The van der Waals surface area contributed by atoms with Gasteiger partial charge in [0.05, 0.1) is 0 Å². The molecular formula is C27H23N. The SMILES string of the molecule is Cc1cccc(N(c2ccc3c(c2)CCC=C3)c2ccc3ccccc3c2)c1. The molecule has 0 bridgehead atoms. The summed E-state index contributed by atoms with van der Waals surface area (Å²) in [4.78, 5) is 2.37. The Morgan fingerprint density at radius 3 is 2.36 bits per heavy atom. The highest BCUT2D eigenvalue weighted by Crippen LogP contribution is 2.37. The molecule has 1 nitrogen and oxygen atoms in total. The molecule has 0 unspecified atom stereocenters. The second-order valence-corrected chi connectivity index (χ2v) is 7.53. The van der Waals surface area contributed by atoms with Gasteiger partial charge >= 0.3 is 0 Å². The predicted molar refractivity (Wildman–Crippen MR) is 121 cm³/mol. The summed E-state index contributed by atoms with van der Waals surface area (Å²) >= 11 is 0. The van der Waals surface area contributed by atoms with Gasteiger partial charge in [-0.3, -0.25) is 0 Å². The molecule has 1 aliphatic rings. The van der Waals surface area contributed by atoms with Crippen LogP contribution in [0.15, 0.2) is 91.0 Å². The van der Waals surface area contributed by atoms with E-state index in [1.54, 1.807) is 0 Å². The Hall–Kier alpha value is -3.32. The van der Waals surface area contributed by atoms with Gasteiger partial charge in [-0.15, -0.1) is 0 Å². The van der Waals surface area contributed by atoms with E-state index in [1.807, 2.05) is 0 Å². The van der Waals surface area contributed by atoms with Gasteiger partial charge in [0, 0.05) is 17.1 Å². The summed E-state index contributed by atoms with van der Waals surface area (Å²) in [6, 6.07) is 30.9. The maximum atomic E-state index is 2.37. The summed E-state index contributed by atoms with van der Waals surface area (Å²) in [7, 11) is 0. The molecule has 4 aromatic carbocycles. The highest BCUT2D eigenvalue weighted by atomic mass is 15.1. The van der Waals surface area contributed by atoms with Crippen LogP contribution in [0.3, 0.4) is 0 Å². The number of anilines is 3. The highest BCUT2D eigenvalue weighted by molar-refractivity contribution is 5.89. The third kappa shape index (κ3) is 3.10. The van der Waals surface area contributed by atoms with E-state index in [1.165, 1.54) is 44.5 Å². The lowest BCUT2D eigenvalue weighted by Gasteiger charge is -2.27. The molecule has 0 aliphatic heterocycles. The first-order valence-electron chi connectivity index (χ1n) is 9.93. The molecule has 0 aromatic heterocycles. The van der Waals surface area contributed by atoms with Crippen LogP contribution >= 0.6 is 0 Å². The molecule has 0 radical (unpaired) electrons. The maximum Gasteiger partial charge on any atom is 0.0468 e. The molecule has 0 atom stereocenters. The zero-order chi connectivity index (χ0) is 18.9. The zero-order valence-corrected chi connectivity index (χ0v) is 16.1. The van der Waals surface area contributed by atoms with Crippen molar-refractivity contribution < 1.29 is 0 Å². The van der Waals surface area contributed by atoms with Gasteiger partial charge in [-0.1, -0.05) is 60.7 Å². The van der Waals surface area contributed by atoms with Crippen LogP contribution in [0, 0.1) is 6.92 Å². The molecule has 136 valence electrons.